The summed E-state index contributed by atoms with van der Waals surface area (Å²) in [4.78, 5) is 4.02. The van der Waals surface area contributed by atoms with E-state index in [4.69, 9.17) is 11.6 Å². The highest BCUT2D eigenvalue weighted by Crippen LogP contribution is 2.49. The maximum absolute atomic E-state index is 11.1. The highest BCUT2D eigenvalue weighted by Gasteiger charge is 2.48. The first-order valence-electron chi connectivity index (χ1n) is 7.01. The summed E-state index contributed by atoms with van der Waals surface area (Å²) < 4.78 is 0. The minimum Gasteiger partial charge on any atom is -0.389 e. The second-order valence-electron chi connectivity index (χ2n) is 5.89. The molecule has 0 saturated heterocycles. The zero-order valence-corrected chi connectivity index (χ0v) is 11.4. The molecule has 1 aromatic rings. The second kappa shape index (κ2) is 4.82. The molecule has 1 aromatic heterocycles. The number of aromatic nitrogens is 1. The number of rotatable bonds is 4. The molecule has 2 saturated carbocycles. The molecule has 3 heteroatoms. The summed E-state index contributed by atoms with van der Waals surface area (Å²) in [7, 11) is 0. The Bertz CT molecular complexity index is 412. The van der Waals surface area contributed by atoms with Gasteiger partial charge in [0.05, 0.1) is 10.6 Å². The Morgan fingerprint density at radius 3 is 2.28 bits per heavy atom. The number of halogens is 1. The van der Waals surface area contributed by atoms with Crippen molar-refractivity contribution in [3.8, 4) is 0 Å². The molecular formula is C15H20ClNO. The van der Waals surface area contributed by atoms with Gasteiger partial charge in [-0.3, -0.25) is 4.98 Å². The van der Waals surface area contributed by atoms with Crippen molar-refractivity contribution in [3.63, 3.8) is 0 Å². The van der Waals surface area contributed by atoms with E-state index in [1.807, 2.05) is 6.07 Å². The van der Waals surface area contributed by atoms with Crippen LogP contribution in [0.15, 0.2) is 18.5 Å². The van der Waals surface area contributed by atoms with Crippen molar-refractivity contribution in [2.24, 2.45) is 11.8 Å². The molecule has 2 aliphatic carbocycles. The summed E-state index contributed by atoms with van der Waals surface area (Å²) >= 11 is 6.19. The third kappa shape index (κ3) is 2.06. The standard InChI is InChI=1S/C15H20ClNO/c16-14-10-17-8-7-11(14)9-15(18,12-3-1-4-12)13-5-2-6-13/h7-8,10,12-13,18H,1-6,9H2. The quantitative estimate of drug-likeness (QED) is 0.902. The van der Waals surface area contributed by atoms with Crippen molar-refractivity contribution in [2.45, 2.75) is 50.5 Å². The van der Waals surface area contributed by atoms with Gasteiger partial charge in [0.1, 0.15) is 0 Å². The molecule has 0 unspecified atom stereocenters. The van der Waals surface area contributed by atoms with Crippen LogP contribution in [0.5, 0.6) is 0 Å². The minimum absolute atomic E-state index is 0.479. The van der Waals surface area contributed by atoms with Crippen LogP contribution in [0.25, 0.3) is 0 Å². The molecule has 0 amide bonds. The lowest BCUT2D eigenvalue weighted by atomic mass is 9.59. The maximum atomic E-state index is 11.1. The molecule has 3 rings (SSSR count). The van der Waals surface area contributed by atoms with E-state index in [2.05, 4.69) is 4.98 Å². The smallest absolute Gasteiger partial charge is 0.0744 e. The molecule has 2 nitrogen and oxygen atoms in total. The summed E-state index contributed by atoms with van der Waals surface area (Å²) in [6.07, 6.45) is 11.4. The van der Waals surface area contributed by atoms with Crippen LogP contribution in [-0.4, -0.2) is 15.7 Å². The Morgan fingerprint density at radius 1 is 1.22 bits per heavy atom. The Balaban J connectivity index is 1.83. The first kappa shape index (κ1) is 12.4. The number of hydrogen-bond donors (Lipinski definition) is 1. The summed E-state index contributed by atoms with van der Waals surface area (Å²) in [6.45, 7) is 0. The van der Waals surface area contributed by atoms with E-state index in [0.29, 0.717) is 23.3 Å². The van der Waals surface area contributed by atoms with Gasteiger partial charge >= 0.3 is 0 Å². The molecule has 0 aliphatic heterocycles. The molecule has 18 heavy (non-hydrogen) atoms. The van der Waals surface area contributed by atoms with Crippen molar-refractivity contribution in [1.29, 1.82) is 0 Å². The van der Waals surface area contributed by atoms with E-state index >= 15 is 0 Å². The molecule has 1 N–H and O–H groups in total. The van der Waals surface area contributed by atoms with Crippen LogP contribution < -0.4 is 0 Å². The van der Waals surface area contributed by atoms with Crippen LogP contribution in [0.2, 0.25) is 5.02 Å². The fraction of sp³-hybridized carbons (Fsp3) is 0.667. The van der Waals surface area contributed by atoms with Gasteiger partial charge in [-0.1, -0.05) is 24.4 Å². The Hall–Kier alpha value is -0.600. The molecular weight excluding hydrogens is 246 g/mol. The molecule has 2 fully saturated rings. The molecule has 0 radical (unpaired) electrons. The summed E-state index contributed by atoms with van der Waals surface area (Å²) in [6, 6.07) is 1.95. The highest BCUT2D eigenvalue weighted by atomic mass is 35.5. The summed E-state index contributed by atoms with van der Waals surface area (Å²) in [5, 5.41) is 11.8. The summed E-state index contributed by atoms with van der Waals surface area (Å²) in [5.41, 5.74) is 0.523. The lowest BCUT2D eigenvalue weighted by Gasteiger charge is -2.50. The SMILES string of the molecule is OC(Cc1ccncc1Cl)(C1CCC1)C1CCC1. The van der Waals surface area contributed by atoms with Crippen molar-refractivity contribution in [1.82, 2.24) is 4.98 Å². The van der Waals surface area contributed by atoms with E-state index in [9.17, 15) is 5.11 Å². The zero-order chi connectivity index (χ0) is 12.6. The zero-order valence-electron chi connectivity index (χ0n) is 10.6. The monoisotopic (exact) mass is 265 g/mol. The lowest BCUT2D eigenvalue weighted by Crippen LogP contribution is -2.52. The molecule has 2 aliphatic rings. The van der Waals surface area contributed by atoms with Gasteiger partial charge in [-0.2, -0.15) is 0 Å². The van der Waals surface area contributed by atoms with Gasteiger partial charge < -0.3 is 5.11 Å². The first-order valence-corrected chi connectivity index (χ1v) is 7.39. The molecule has 0 bridgehead atoms. The van der Waals surface area contributed by atoms with Gasteiger partial charge in [0.2, 0.25) is 0 Å². The second-order valence-corrected chi connectivity index (χ2v) is 6.30. The van der Waals surface area contributed by atoms with Gasteiger partial charge in [0.25, 0.3) is 0 Å². The van der Waals surface area contributed by atoms with Crippen molar-refractivity contribution in [2.75, 3.05) is 0 Å². The maximum Gasteiger partial charge on any atom is 0.0744 e. The van der Waals surface area contributed by atoms with Crippen LogP contribution in [0, 0.1) is 11.8 Å². The lowest BCUT2D eigenvalue weighted by molar-refractivity contribution is -0.118. The van der Waals surface area contributed by atoms with E-state index in [-0.39, 0.29) is 0 Å². The number of pyridine rings is 1. The van der Waals surface area contributed by atoms with Gasteiger partial charge in [0.15, 0.2) is 0 Å². The Morgan fingerprint density at radius 2 is 1.83 bits per heavy atom. The molecule has 0 spiro atoms. The Kier molecular flexibility index (Phi) is 3.33. The molecule has 98 valence electrons. The molecule has 0 atom stereocenters. The fourth-order valence-corrected chi connectivity index (χ4v) is 3.48. The highest BCUT2D eigenvalue weighted by molar-refractivity contribution is 6.31. The minimum atomic E-state index is -0.526. The Labute approximate surface area is 113 Å². The van der Waals surface area contributed by atoms with E-state index in [0.717, 1.165) is 5.56 Å². The average Bonchev–Trinajstić information content (AvgIpc) is 2.15. The van der Waals surface area contributed by atoms with Gasteiger partial charge in [-0.15, -0.1) is 0 Å². The van der Waals surface area contributed by atoms with Crippen molar-refractivity contribution in [3.05, 3.63) is 29.0 Å². The fourth-order valence-electron chi connectivity index (χ4n) is 3.29. The molecule has 0 aromatic carbocycles. The van der Waals surface area contributed by atoms with E-state index in [1.165, 1.54) is 38.5 Å². The van der Waals surface area contributed by atoms with Crippen molar-refractivity contribution >= 4 is 11.6 Å². The normalized spacial score (nSPS) is 21.4. The van der Waals surface area contributed by atoms with Gasteiger partial charge in [-0.25, -0.2) is 0 Å². The van der Waals surface area contributed by atoms with E-state index < -0.39 is 5.60 Å². The predicted octanol–water partition coefficient (Wildman–Crippen LogP) is 3.61. The number of aliphatic hydroxyl groups is 1. The van der Waals surface area contributed by atoms with Crippen LogP contribution >= 0.6 is 11.6 Å². The van der Waals surface area contributed by atoms with Crippen molar-refractivity contribution < 1.29 is 5.11 Å². The average molecular weight is 266 g/mol. The molecule has 1 heterocycles. The van der Waals surface area contributed by atoms with Crippen LogP contribution in [0.4, 0.5) is 0 Å². The third-order valence-electron chi connectivity index (χ3n) is 4.95. The first-order chi connectivity index (χ1) is 8.70. The van der Waals surface area contributed by atoms with Crippen LogP contribution in [0.1, 0.15) is 44.1 Å². The van der Waals surface area contributed by atoms with Crippen LogP contribution in [-0.2, 0) is 6.42 Å². The number of hydrogen-bond acceptors (Lipinski definition) is 2. The predicted molar refractivity (Wildman–Crippen MR) is 72.6 cm³/mol. The number of nitrogens with zero attached hydrogens (tertiary/aromatic N) is 1. The van der Waals surface area contributed by atoms with Crippen LogP contribution in [0.3, 0.4) is 0 Å². The van der Waals surface area contributed by atoms with Gasteiger partial charge in [0, 0.05) is 18.8 Å². The largest absolute Gasteiger partial charge is 0.389 e. The van der Waals surface area contributed by atoms with Gasteiger partial charge in [-0.05, 0) is 49.1 Å². The summed E-state index contributed by atoms with van der Waals surface area (Å²) in [5.74, 6) is 0.957. The topological polar surface area (TPSA) is 33.1 Å². The third-order valence-corrected chi connectivity index (χ3v) is 5.29. The van der Waals surface area contributed by atoms with E-state index in [1.54, 1.807) is 12.4 Å².